The van der Waals surface area contributed by atoms with Gasteiger partial charge in [0.05, 0.1) is 5.69 Å². The normalized spacial score (nSPS) is 14.2. The molecule has 0 spiro atoms. The summed E-state index contributed by atoms with van der Waals surface area (Å²) in [4.78, 5) is 4.06. The number of hydrogen-bond acceptors (Lipinski definition) is 1. The van der Waals surface area contributed by atoms with Gasteiger partial charge in [0.15, 0.2) is 0 Å². The van der Waals surface area contributed by atoms with Crippen molar-refractivity contribution in [2.75, 3.05) is 0 Å². The first-order valence-electron chi connectivity index (χ1n) is 5.70. The number of nitrogens with zero attached hydrogens (tertiary/aromatic N) is 1. The summed E-state index contributed by atoms with van der Waals surface area (Å²) in [5, 5.41) is 0. The molecule has 2 rings (SSSR count). The van der Waals surface area contributed by atoms with Crippen LogP contribution in [0.25, 0.3) is 11.3 Å². The van der Waals surface area contributed by atoms with Crippen molar-refractivity contribution < 1.29 is 8.50 Å². The molecule has 0 radical (unpaired) electrons. The van der Waals surface area contributed by atoms with Crippen LogP contribution in [0.1, 0.15) is 9.81 Å². The van der Waals surface area contributed by atoms with Crippen molar-refractivity contribution in [3.8, 4) is 11.3 Å². The van der Waals surface area contributed by atoms with Gasteiger partial charge in [-0.1, -0.05) is 6.07 Å². The molecular weight excluding hydrogens is 177 g/mol. The van der Waals surface area contributed by atoms with Gasteiger partial charge < -0.3 is 0 Å². The fraction of sp³-hybridized carbons (Fsp3) is 0.0833. The van der Waals surface area contributed by atoms with Crippen LogP contribution in [0.2, 0.25) is 0 Å². The first-order chi connectivity index (χ1) is 7.97. The third-order valence-corrected chi connectivity index (χ3v) is 1.89. The second-order valence-electron chi connectivity index (χ2n) is 2.91. The van der Waals surface area contributed by atoms with Crippen molar-refractivity contribution in [1.82, 2.24) is 4.98 Å². The Morgan fingerprint density at radius 1 is 1.14 bits per heavy atom. The molecule has 1 nitrogen and oxygen atoms in total. The van der Waals surface area contributed by atoms with Crippen LogP contribution in [0.5, 0.6) is 0 Å². The van der Waals surface area contributed by atoms with E-state index in [1.165, 1.54) is 18.2 Å². The summed E-state index contributed by atoms with van der Waals surface area (Å²) in [6.07, 6.45) is 0. The highest BCUT2D eigenvalue weighted by Crippen LogP contribution is 2.17. The SMILES string of the molecule is [2H]C([2H])([2H])c1cccc(-c2ccc(F)cc2)n1. The fourth-order valence-electron chi connectivity index (χ4n) is 1.22. The summed E-state index contributed by atoms with van der Waals surface area (Å²) < 4.78 is 34.6. The van der Waals surface area contributed by atoms with Crippen LogP contribution in [0.4, 0.5) is 4.39 Å². The van der Waals surface area contributed by atoms with Gasteiger partial charge in [0.1, 0.15) is 5.82 Å². The van der Waals surface area contributed by atoms with Gasteiger partial charge in [-0.15, -0.1) is 0 Å². The van der Waals surface area contributed by atoms with Crippen LogP contribution in [0, 0.1) is 12.7 Å². The third kappa shape index (κ3) is 1.79. The fourth-order valence-corrected chi connectivity index (χ4v) is 1.22. The van der Waals surface area contributed by atoms with E-state index in [4.69, 9.17) is 4.11 Å². The molecule has 0 N–H and O–H groups in total. The van der Waals surface area contributed by atoms with E-state index in [1.54, 1.807) is 24.3 Å². The van der Waals surface area contributed by atoms with Crippen molar-refractivity contribution in [1.29, 1.82) is 0 Å². The van der Waals surface area contributed by atoms with Crippen LogP contribution in [-0.4, -0.2) is 4.98 Å². The van der Waals surface area contributed by atoms with Gasteiger partial charge in [0.2, 0.25) is 0 Å². The standard InChI is InChI=1S/C12H10FN/c1-9-3-2-4-12(14-9)10-5-7-11(13)8-6-10/h2-8H,1H3/i1D3. The van der Waals surface area contributed by atoms with Gasteiger partial charge in [-0.25, -0.2) is 4.39 Å². The number of rotatable bonds is 1. The average Bonchev–Trinajstić information content (AvgIpc) is 2.29. The highest BCUT2D eigenvalue weighted by molar-refractivity contribution is 5.58. The lowest BCUT2D eigenvalue weighted by Crippen LogP contribution is -1.85. The van der Waals surface area contributed by atoms with E-state index in [1.807, 2.05) is 0 Å². The smallest absolute Gasteiger partial charge is 0.123 e. The number of aromatic nitrogens is 1. The maximum absolute atomic E-state index is 12.8. The molecule has 0 saturated carbocycles. The molecule has 2 aromatic rings. The van der Waals surface area contributed by atoms with Crippen LogP contribution >= 0.6 is 0 Å². The molecule has 0 aliphatic heterocycles. The van der Waals surface area contributed by atoms with E-state index in [2.05, 4.69) is 4.98 Å². The zero-order valence-electron chi connectivity index (χ0n) is 10.4. The van der Waals surface area contributed by atoms with Gasteiger partial charge in [0, 0.05) is 15.4 Å². The topological polar surface area (TPSA) is 12.9 Å². The Bertz CT molecular complexity index is 520. The summed E-state index contributed by atoms with van der Waals surface area (Å²) >= 11 is 0. The average molecular weight is 190 g/mol. The van der Waals surface area contributed by atoms with Gasteiger partial charge >= 0.3 is 0 Å². The summed E-state index contributed by atoms with van der Waals surface area (Å²) in [7, 11) is 0. The van der Waals surface area contributed by atoms with Crippen molar-refractivity contribution in [3.05, 3.63) is 54.0 Å². The summed E-state index contributed by atoms with van der Waals surface area (Å²) in [6.45, 7) is -2.23. The zero-order chi connectivity index (χ0) is 12.5. The molecule has 1 heterocycles. The van der Waals surface area contributed by atoms with Gasteiger partial charge in [-0.05, 0) is 43.3 Å². The molecule has 0 unspecified atom stereocenters. The number of benzene rings is 1. The molecule has 1 aromatic heterocycles. The Morgan fingerprint density at radius 3 is 2.64 bits per heavy atom. The Morgan fingerprint density at radius 2 is 1.93 bits per heavy atom. The molecule has 1 aromatic carbocycles. The van der Waals surface area contributed by atoms with E-state index >= 15 is 0 Å². The Balaban J connectivity index is 2.43. The molecule has 2 heteroatoms. The van der Waals surface area contributed by atoms with Crippen LogP contribution < -0.4 is 0 Å². The van der Waals surface area contributed by atoms with Crippen LogP contribution in [-0.2, 0) is 0 Å². The number of halogens is 1. The monoisotopic (exact) mass is 190 g/mol. The minimum atomic E-state index is -2.23. The second kappa shape index (κ2) is 3.58. The van der Waals surface area contributed by atoms with Crippen molar-refractivity contribution in [3.63, 3.8) is 0 Å². The summed E-state index contributed by atoms with van der Waals surface area (Å²) in [6, 6.07) is 10.6. The predicted molar refractivity (Wildman–Crippen MR) is 54.4 cm³/mol. The first kappa shape index (κ1) is 5.91. The van der Waals surface area contributed by atoms with Crippen molar-refractivity contribution in [2.45, 2.75) is 6.85 Å². The minimum absolute atomic E-state index is 0.0410. The molecular formula is C12H10FN. The molecule has 0 aliphatic carbocycles. The van der Waals surface area contributed by atoms with E-state index in [0.29, 0.717) is 11.3 Å². The van der Waals surface area contributed by atoms with E-state index < -0.39 is 6.85 Å². The van der Waals surface area contributed by atoms with Gasteiger partial charge in [-0.2, -0.15) is 0 Å². The number of pyridine rings is 1. The Labute approximate surface area is 86.5 Å². The predicted octanol–water partition coefficient (Wildman–Crippen LogP) is 3.20. The molecule has 0 amide bonds. The van der Waals surface area contributed by atoms with Crippen LogP contribution in [0.15, 0.2) is 42.5 Å². The largest absolute Gasteiger partial charge is 0.253 e. The zero-order valence-corrected chi connectivity index (χ0v) is 7.37. The quantitative estimate of drug-likeness (QED) is 0.673. The lowest BCUT2D eigenvalue weighted by Gasteiger charge is -2.01. The first-order valence-corrected chi connectivity index (χ1v) is 4.20. The van der Waals surface area contributed by atoms with Gasteiger partial charge in [0.25, 0.3) is 0 Å². The van der Waals surface area contributed by atoms with Crippen molar-refractivity contribution >= 4 is 0 Å². The maximum Gasteiger partial charge on any atom is 0.123 e. The molecule has 0 saturated heterocycles. The van der Waals surface area contributed by atoms with E-state index in [0.717, 1.165) is 0 Å². The summed E-state index contributed by atoms with van der Waals surface area (Å²) in [5.74, 6) is -0.333. The van der Waals surface area contributed by atoms with Crippen LogP contribution in [0.3, 0.4) is 0 Å². The molecule has 0 aliphatic rings. The second-order valence-corrected chi connectivity index (χ2v) is 2.91. The Hall–Kier alpha value is -1.70. The highest BCUT2D eigenvalue weighted by Gasteiger charge is 1.98. The lowest BCUT2D eigenvalue weighted by atomic mass is 10.1. The third-order valence-electron chi connectivity index (χ3n) is 1.89. The molecule has 0 fully saturated rings. The van der Waals surface area contributed by atoms with Crippen molar-refractivity contribution in [2.24, 2.45) is 0 Å². The molecule has 70 valence electrons. The maximum atomic E-state index is 12.8. The minimum Gasteiger partial charge on any atom is -0.253 e. The van der Waals surface area contributed by atoms with E-state index in [-0.39, 0.29) is 11.5 Å². The lowest BCUT2D eigenvalue weighted by molar-refractivity contribution is 0.628. The molecule has 14 heavy (non-hydrogen) atoms. The Kier molecular flexibility index (Phi) is 1.51. The van der Waals surface area contributed by atoms with E-state index in [9.17, 15) is 4.39 Å². The molecule has 0 bridgehead atoms. The molecule has 0 atom stereocenters. The van der Waals surface area contributed by atoms with Gasteiger partial charge in [-0.3, -0.25) is 4.98 Å². The number of hydrogen-bond donors (Lipinski definition) is 0. The number of aryl methyl sites for hydroxylation is 1. The summed E-state index contributed by atoms with van der Waals surface area (Å²) in [5.41, 5.74) is 1.26. The highest BCUT2D eigenvalue weighted by atomic mass is 19.1.